The molecule has 4 nitrogen and oxygen atoms in total. The molecular formula is C23H21NO3. The zero-order valence-corrected chi connectivity index (χ0v) is 15.1. The molecule has 0 radical (unpaired) electrons. The number of methoxy groups -OCH3 is 1. The number of nitrogens with zero attached hydrogens (tertiary/aromatic N) is 1. The highest BCUT2D eigenvalue weighted by molar-refractivity contribution is 6.05. The van der Waals surface area contributed by atoms with Crippen LogP contribution in [0.4, 0.5) is 0 Å². The van der Waals surface area contributed by atoms with Crippen LogP contribution in [0, 0.1) is 0 Å². The maximum Gasteiger partial charge on any atom is 0.142 e. The number of ether oxygens (including phenoxy) is 2. The maximum absolute atomic E-state index is 5.94. The molecule has 0 saturated carbocycles. The van der Waals surface area contributed by atoms with Gasteiger partial charge < -0.3 is 14.3 Å². The van der Waals surface area contributed by atoms with Crippen molar-refractivity contribution >= 4 is 5.71 Å². The summed E-state index contributed by atoms with van der Waals surface area (Å²) in [6.45, 7) is 0.420. The molecule has 136 valence electrons. The first-order valence-electron chi connectivity index (χ1n) is 8.94. The standard InChI is InChI=1S/C23H21NO3/c1-25-20-14-12-18(13-15-20)21(24-26-16-17-8-4-2-5-9-17)23-22(27-23)19-10-6-3-7-11-19/h2-15,22-23H,16H2,1H3/b24-21+. The van der Waals surface area contributed by atoms with Crippen LogP contribution in [0.3, 0.4) is 0 Å². The summed E-state index contributed by atoms with van der Waals surface area (Å²) in [7, 11) is 1.66. The van der Waals surface area contributed by atoms with Gasteiger partial charge in [-0.05, 0) is 35.4 Å². The van der Waals surface area contributed by atoms with Crippen molar-refractivity contribution in [3.05, 3.63) is 102 Å². The van der Waals surface area contributed by atoms with Crippen molar-refractivity contribution in [3.8, 4) is 5.75 Å². The zero-order valence-electron chi connectivity index (χ0n) is 15.1. The topological polar surface area (TPSA) is 43.4 Å². The molecule has 3 aromatic carbocycles. The summed E-state index contributed by atoms with van der Waals surface area (Å²) >= 11 is 0. The third-order valence-electron chi connectivity index (χ3n) is 4.51. The van der Waals surface area contributed by atoms with Crippen molar-refractivity contribution in [1.29, 1.82) is 0 Å². The second kappa shape index (κ2) is 8.06. The van der Waals surface area contributed by atoms with Crippen LogP contribution >= 0.6 is 0 Å². The minimum Gasteiger partial charge on any atom is -0.497 e. The summed E-state index contributed by atoms with van der Waals surface area (Å²) < 4.78 is 11.2. The molecule has 0 N–H and O–H groups in total. The molecule has 0 bridgehead atoms. The Morgan fingerprint density at radius 2 is 1.56 bits per heavy atom. The lowest BCUT2D eigenvalue weighted by molar-refractivity contribution is 0.129. The molecule has 1 saturated heterocycles. The van der Waals surface area contributed by atoms with Crippen molar-refractivity contribution in [2.24, 2.45) is 5.16 Å². The van der Waals surface area contributed by atoms with Gasteiger partial charge in [-0.1, -0.05) is 65.8 Å². The maximum atomic E-state index is 5.94. The Balaban J connectivity index is 1.54. The van der Waals surface area contributed by atoms with E-state index in [0.29, 0.717) is 6.61 Å². The van der Waals surface area contributed by atoms with E-state index in [-0.39, 0.29) is 12.2 Å². The Hall–Kier alpha value is -3.11. The highest BCUT2D eigenvalue weighted by Crippen LogP contribution is 2.41. The number of epoxide rings is 1. The van der Waals surface area contributed by atoms with Crippen LogP contribution in [0.2, 0.25) is 0 Å². The second-order valence-electron chi connectivity index (χ2n) is 6.35. The van der Waals surface area contributed by atoms with Gasteiger partial charge in [0.2, 0.25) is 0 Å². The SMILES string of the molecule is COc1ccc(/C(=N\OCc2ccccc2)C2OC2c2ccccc2)cc1. The molecule has 0 spiro atoms. The van der Waals surface area contributed by atoms with Crippen LogP contribution in [-0.4, -0.2) is 18.9 Å². The molecule has 1 aliphatic rings. The van der Waals surface area contributed by atoms with Gasteiger partial charge in [0.25, 0.3) is 0 Å². The smallest absolute Gasteiger partial charge is 0.142 e. The predicted molar refractivity (Wildman–Crippen MR) is 105 cm³/mol. The van der Waals surface area contributed by atoms with E-state index in [1.54, 1.807) is 7.11 Å². The lowest BCUT2D eigenvalue weighted by atomic mass is 10.0. The van der Waals surface area contributed by atoms with Gasteiger partial charge >= 0.3 is 0 Å². The quantitative estimate of drug-likeness (QED) is 0.347. The summed E-state index contributed by atoms with van der Waals surface area (Å²) in [5.74, 6) is 0.805. The zero-order chi connectivity index (χ0) is 18.5. The van der Waals surface area contributed by atoms with E-state index >= 15 is 0 Å². The Labute approximate surface area is 159 Å². The van der Waals surface area contributed by atoms with Crippen molar-refractivity contribution in [2.45, 2.75) is 18.8 Å². The van der Waals surface area contributed by atoms with Gasteiger partial charge in [-0.3, -0.25) is 0 Å². The fourth-order valence-electron chi connectivity index (χ4n) is 3.00. The van der Waals surface area contributed by atoms with Crippen LogP contribution in [0.15, 0.2) is 90.1 Å². The number of rotatable bonds is 7. The van der Waals surface area contributed by atoms with E-state index in [2.05, 4.69) is 17.3 Å². The number of oxime groups is 1. The molecular weight excluding hydrogens is 338 g/mol. The van der Waals surface area contributed by atoms with E-state index in [1.807, 2.05) is 72.8 Å². The molecule has 1 heterocycles. The fourth-order valence-corrected chi connectivity index (χ4v) is 3.00. The van der Waals surface area contributed by atoms with E-state index < -0.39 is 0 Å². The average molecular weight is 359 g/mol. The largest absolute Gasteiger partial charge is 0.497 e. The normalized spacial score (nSPS) is 18.8. The van der Waals surface area contributed by atoms with Gasteiger partial charge in [-0.25, -0.2) is 0 Å². The monoisotopic (exact) mass is 359 g/mol. The number of hydrogen-bond donors (Lipinski definition) is 0. The summed E-state index contributed by atoms with van der Waals surface area (Å²) in [4.78, 5) is 5.66. The van der Waals surface area contributed by atoms with Crippen LogP contribution in [0.5, 0.6) is 5.75 Å². The minimum atomic E-state index is -0.114. The van der Waals surface area contributed by atoms with Gasteiger partial charge in [0.1, 0.15) is 30.3 Å². The second-order valence-corrected chi connectivity index (χ2v) is 6.35. The Bertz CT molecular complexity index is 892. The first kappa shape index (κ1) is 17.3. The summed E-state index contributed by atoms with van der Waals surface area (Å²) in [6, 6.07) is 28.0. The van der Waals surface area contributed by atoms with Crippen molar-refractivity contribution in [2.75, 3.05) is 7.11 Å². The third kappa shape index (κ3) is 4.18. The highest BCUT2D eigenvalue weighted by Gasteiger charge is 2.45. The van der Waals surface area contributed by atoms with Crippen LogP contribution in [-0.2, 0) is 16.2 Å². The van der Waals surface area contributed by atoms with Gasteiger partial charge in [0, 0.05) is 5.56 Å². The van der Waals surface area contributed by atoms with Crippen LogP contribution < -0.4 is 4.74 Å². The first-order chi connectivity index (χ1) is 13.3. The van der Waals surface area contributed by atoms with Crippen molar-refractivity contribution in [3.63, 3.8) is 0 Å². The molecule has 0 aliphatic carbocycles. The van der Waals surface area contributed by atoms with Crippen LogP contribution in [0.25, 0.3) is 0 Å². The molecule has 1 aliphatic heterocycles. The molecule has 4 rings (SSSR count). The molecule has 27 heavy (non-hydrogen) atoms. The Morgan fingerprint density at radius 1 is 0.889 bits per heavy atom. The first-order valence-corrected chi connectivity index (χ1v) is 8.94. The predicted octanol–water partition coefficient (Wildman–Crippen LogP) is 4.76. The summed E-state index contributed by atoms with van der Waals surface area (Å²) in [6.07, 6.45) is -0.107. The van der Waals surface area contributed by atoms with Gasteiger partial charge in [0.05, 0.1) is 7.11 Å². The van der Waals surface area contributed by atoms with E-state index in [4.69, 9.17) is 14.3 Å². The molecule has 1 fully saturated rings. The van der Waals surface area contributed by atoms with Gasteiger partial charge in [-0.2, -0.15) is 0 Å². The van der Waals surface area contributed by atoms with Crippen molar-refractivity contribution in [1.82, 2.24) is 0 Å². The third-order valence-corrected chi connectivity index (χ3v) is 4.51. The van der Waals surface area contributed by atoms with Gasteiger partial charge in [0.15, 0.2) is 0 Å². The van der Waals surface area contributed by atoms with E-state index in [9.17, 15) is 0 Å². The molecule has 3 aromatic rings. The molecule has 0 aromatic heterocycles. The van der Waals surface area contributed by atoms with Crippen molar-refractivity contribution < 1.29 is 14.3 Å². The molecule has 0 amide bonds. The number of hydrogen-bond acceptors (Lipinski definition) is 4. The molecule has 2 unspecified atom stereocenters. The molecule has 4 heteroatoms. The molecule has 2 atom stereocenters. The Kier molecular flexibility index (Phi) is 5.17. The van der Waals surface area contributed by atoms with Crippen LogP contribution in [0.1, 0.15) is 22.8 Å². The average Bonchev–Trinajstić information content (AvgIpc) is 3.53. The van der Waals surface area contributed by atoms with E-state index in [1.165, 1.54) is 0 Å². The lowest BCUT2D eigenvalue weighted by Gasteiger charge is -2.07. The minimum absolute atomic E-state index is 0.00683. The summed E-state index contributed by atoms with van der Waals surface area (Å²) in [5.41, 5.74) is 3.98. The number of benzene rings is 3. The van der Waals surface area contributed by atoms with Gasteiger partial charge in [-0.15, -0.1) is 0 Å². The summed E-state index contributed by atoms with van der Waals surface area (Å²) in [5, 5.41) is 4.43. The van der Waals surface area contributed by atoms with E-state index in [0.717, 1.165) is 28.2 Å². The highest BCUT2D eigenvalue weighted by atomic mass is 16.6. The lowest BCUT2D eigenvalue weighted by Crippen LogP contribution is -2.11. The fraction of sp³-hybridized carbons (Fsp3) is 0.174. The Morgan fingerprint density at radius 3 is 2.22 bits per heavy atom.